The van der Waals surface area contributed by atoms with Gasteiger partial charge in [-0.2, -0.15) is 0 Å². The van der Waals surface area contributed by atoms with Crippen LogP contribution >= 0.6 is 0 Å². The largest absolute Gasteiger partial charge is 0.481 e. The van der Waals surface area contributed by atoms with Crippen molar-refractivity contribution in [1.29, 1.82) is 0 Å². The summed E-state index contributed by atoms with van der Waals surface area (Å²) in [6, 6.07) is 5.45. The maximum Gasteiger partial charge on any atom is 0.307 e. The molecule has 0 unspecified atom stereocenters. The highest BCUT2D eigenvalue weighted by atomic mass is 16.6. The lowest BCUT2D eigenvalue weighted by Gasteiger charge is -1.95. The molecule has 6 nitrogen and oxygen atoms in total. The molecular weight excluding hydrogens is 190 g/mol. The van der Waals surface area contributed by atoms with Gasteiger partial charge in [0.25, 0.3) is 5.69 Å². The number of benzene rings is 1. The monoisotopic (exact) mass is 199 g/mol. The van der Waals surface area contributed by atoms with Crippen molar-refractivity contribution in [1.82, 2.24) is 0 Å². The second-order valence-corrected chi connectivity index (χ2v) is 2.49. The molecule has 76 valence electrons. The van der Waals surface area contributed by atoms with E-state index in [1.807, 2.05) is 0 Å². The van der Waals surface area contributed by atoms with Gasteiger partial charge in [-0.1, -0.05) is 12.1 Å². The highest BCUT2D eigenvalue weighted by molar-refractivity contribution is 5.70. The maximum atomic E-state index is 10.3. The fraction of sp³-hybridized carbons (Fsp3) is 0.125. The standard InChI is InChI=1S/C8H7NO4.H2O/c10-8(11)5-6-1-3-7(4-2-6)9(12)13;/h1-4H,5H2,(H,10,11);1H2. The zero-order valence-corrected chi connectivity index (χ0v) is 7.14. The minimum Gasteiger partial charge on any atom is -0.481 e. The van der Waals surface area contributed by atoms with Crippen molar-refractivity contribution in [2.45, 2.75) is 6.42 Å². The Morgan fingerprint density at radius 1 is 1.36 bits per heavy atom. The van der Waals surface area contributed by atoms with E-state index in [0.29, 0.717) is 5.56 Å². The van der Waals surface area contributed by atoms with E-state index in [1.165, 1.54) is 24.3 Å². The van der Waals surface area contributed by atoms with Crippen LogP contribution in [0.4, 0.5) is 5.69 Å². The van der Waals surface area contributed by atoms with Crippen LogP contribution in [0.15, 0.2) is 24.3 Å². The van der Waals surface area contributed by atoms with E-state index in [-0.39, 0.29) is 17.6 Å². The van der Waals surface area contributed by atoms with Crippen molar-refractivity contribution in [2.75, 3.05) is 0 Å². The van der Waals surface area contributed by atoms with Gasteiger partial charge in [0.15, 0.2) is 0 Å². The van der Waals surface area contributed by atoms with E-state index in [1.54, 1.807) is 0 Å². The molecular formula is C8H9NO5. The van der Waals surface area contributed by atoms with Crippen LogP contribution in [-0.2, 0) is 11.2 Å². The number of hydrogen-bond acceptors (Lipinski definition) is 3. The normalized spacial score (nSPS) is 8.86. The molecule has 0 aliphatic rings. The number of nitro groups is 1. The lowest BCUT2D eigenvalue weighted by molar-refractivity contribution is -0.384. The predicted molar refractivity (Wildman–Crippen MR) is 48.1 cm³/mol. The molecule has 0 spiro atoms. The van der Waals surface area contributed by atoms with Crippen molar-refractivity contribution >= 4 is 11.7 Å². The second-order valence-electron chi connectivity index (χ2n) is 2.49. The van der Waals surface area contributed by atoms with Gasteiger partial charge in [0.2, 0.25) is 0 Å². The minimum absolute atomic E-state index is 0. The highest BCUT2D eigenvalue weighted by Crippen LogP contribution is 2.11. The molecule has 0 saturated heterocycles. The third-order valence-electron chi connectivity index (χ3n) is 1.50. The summed E-state index contributed by atoms with van der Waals surface area (Å²) in [6.45, 7) is 0. The number of nitro benzene ring substituents is 1. The van der Waals surface area contributed by atoms with Gasteiger partial charge in [-0.25, -0.2) is 0 Å². The van der Waals surface area contributed by atoms with Crippen LogP contribution in [0, 0.1) is 10.1 Å². The molecule has 0 aromatic heterocycles. The lowest BCUT2D eigenvalue weighted by atomic mass is 10.1. The van der Waals surface area contributed by atoms with Crippen LogP contribution in [0.3, 0.4) is 0 Å². The third-order valence-corrected chi connectivity index (χ3v) is 1.50. The van der Waals surface area contributed by atoms with Gasteiger partial charge in [0.05, 0.1) is 11.3 Å². The Morgan fingerprint density at radius 2 is 1.86 bits per heavy atom. The van der Waals surface area contributed by atoms with Crippen molar-refractivity contribution < 1.29 is 20.3 Å². The molecule has 3 N–H and O–H groups in total. The number of carbonyl (C=O) groups is 1. The summed E-state index contributed by atoms with van der Waals surface area (Å²) in [4.78, 5) is 20.0. The van der Waals surface area contributed by atoms with Crippen LogP contribution in [0.2, 0.25) is 0 Å². The Kier molecular flexibility index (Phi) is 4.24. The topological polar surface area (TPSA) is 112 Å². The molecule has 1 aromatic carbocycles. The second kappa shape index (κ2) is 4.93. The van der Waals surface area contributed by atoms with Gasteiger partial charge in [-0.3, -0.25) is 14.9 Å². The Labute approximate surface area is 79.3 Å². The van der Waals surface area contributed by atoms with Gasteiger partial charge in [0, 0.05) is 12.1 Å². The number of nitrogens with zero attached hydrogens (tertiary/aromatic N) is 1. The molecule has 0 bridgehead atoms. The molecule has 0 aliphatic carbocycles. The number of non-ortho nitro benzene ring substituents is 1. The average molecular weight is 199 g/mol. The fourth-order valence-corrected chi connectivity index (χ4v) is 0.910. The first kappa shape index (κ1) is 12.0. The molecule has 0 aliphatic heterocycles. The molecule has 1 aromatic rings. The summed E-state index contributed by atoms with van der Waals surface area (Å²) in [5, 5.41) is 18.6. The number of carboxylic acids is 1. The zero-order valence-electron chi connectivity index (χ0n) is 7.14. The van der Waals surface area contributed by atoms with Crippen molar-refractivity contribution in [2.24, 2.45) is 0 Å². The van der Waals surface area contributed by atoms with Crippen LogP contribution in [0.1, 0.15) is 5.56 Å². The first-order valence-electron chi connectivity index (χ1n) is 3.54. The van der Waals surface area contributed by atoms with Crippen LogP contribution in [0.5, 0.6) is 0 Å². The van der Waals surface area contributed by atoms with E-state index in [0.717, 1.165) is 0 Å². The van der Waals surface area contributed by atoms with E-state index < -0.39 is 10.9 Å². The third kappa shape index (κ3) is 3.20. The van der Waals surface area contributed by atoms with Crippen molar-refractivity contribution in [3.8, 4) is 0 Å². The summed E-state index contributed by atoms with van der Waals surface area (Å²) in [7, 11) is 0. The van der Waals surface area contributed by atoms with E-state index in [2.05, 4.69) is 0 Å². The van der Waals surface area contributed by atoms with Crippen LogP contribution in [-0.4, -0.2) is 21.5 Å². The number of carboxylic acid groups (broad SMARTS) is 1. The first-order valence-corrected chi connectivity index (χ1v) is 3.54. The van der Waals surface area contributed by atoms with E-state index in [4.69, 9.17) is 5.11 Å². The highest BCUT2D eigenvalue weighted by Gasteiger charge is 2.05. The maximum absolute atomic E-state index is 10.3. The molecule has 0 fully saturated rings. The number of aliphatic carboxylic acids is 1. The summed E-state index contributed by atoms with van der Waals surface area (Å²) in [6.07, 6.45) is -0.113. The van der Waals surface area contributed by atoms with Crippen LogP contribution in [0.25, 0.3) is 0 Å². The zero-order chi connectivity index (χ0) is 9.84. The smallest absolute Gasteiger partial charge is 0.307 e. The van der Waals surface area contributed by atoms with Gasteiger partial charge in [0.1, 0.15) is 0 Å². The van der Waals surface area contributed by atoms with E-state index in [9.17, 15) is 14.9 Å². The molecule has 0 heterocycles. The minimum atomic E-state index is -0.950. The molecule has 6 heteroatoms. The Balaban J connectivity index is 0.00000169. The van der Waals surface area contributed by atoms with Gasteiger partial charge in [-0.15, -0.1) is 0 Å². The Morgan fingerprint density at radius 3 is 2.21 bits per heavy atom. The fourth-order valence-electron chi connectivity index (χ4n) is 0.910. The van der Waals surface area contributed by atoms with Crippen LogP contribution < -0.4 is 0 Å². The number of rotatable bonds is 3. The summed E-state index contributed by atoms with van der Waals surface area (Å²) < 4.78 is 0. The molecule has 0 radical (unpaired) electrons. The number of hydrogen-bond donors (Lipinski definition) is 1. The summed E-state index contributed by atoms with van der Waals surface area (Å²) in [5.74, 6) is -0.950. The Bertz CT molecular complexity index is 332. The Hall–Kier alpha value is -1.95. The van der Waals surface area contributed by atoms with Gasteiger partial charge < -0.3 is 10.6 Å². The molecule has 14 heavy (non-hydrogen) atoms. The van der Waals surface area contributed by atoms with Gasteiger partial charge >= 0.3 is 5.97 Å². The molecule has 0 amide bonds. The summed E-state index contributed by atoms with van der Waals surface area (Å²) >= 11 is 0. The molecule has 1 rings (SSSR count). The SMILES string of the molecule is O.O=C(O)Cc1ccc([N+](=O)[O-])cc1. The summed E-state index contributed by atoms with van der Waals surface area (Å²) in [5.41, 5.74) is 0.521. The lowest BCUT2D eigenvalue weighted by Crippen LogP contribution is -1.99. The quantitative estimate of drug-likeness (QED) is 0.560. The van der Waals surface area contributed by atoms with Gasteiger partial charge in [-0.05, 0) is 5.56 Å². The molecule has 0 saturated carbocycles. The predicted octanol–water partition coefficient (Wildman–Crippen LogP) is 0.397. The average Bonchev–Trinajstić information content (AvgIpc) is 2.04. The van der Waals surface area contributed by atoms with Crippen molar-refractivity contribution in [3.05, 3.63) is 39.9 Å². The van der Waals surface area contributed by atoms with E-state index >= 15 is 0 Å². The first-order chi connectivity index (χ1) is 6.09. The molecule has 0 atom stereocenters. The van der Waals surface area contributed by atoms with Crippen molar-refractivity contribution in [3.63, 3.8) is 0 Å².